The molecule has 2 atom stereocenters. The molecule has 5 heteroatoms. The molecule has 1 N–H and O–H groups in total. The maximum atomic E-state index is 11.0. The Hall–Kier alpha value is -3.10. The lowest BCUT2D eigenvalue weighted by Gasteiger charge is -2.26. The molecular weight excluding hydrogens is 544 g/mol. The van der Waals surface area contributed by atoms with Gasteiger partial charge in [-0.05, 0) is 91.0 Å². The number of aliphatic hydroxyl groups is 1. The zero-order chi connectivity index (χ0) is 28.9. The fraction of sp³-hybridized carbons (Fsp3) is 0.333. The number of rotatable bonds is 12. The van der Waals surface area contributed by atoms with E-state index in [1.54, 1.807) is 0 Å². The zero-order valence-electron chi connectivity index (χ0n) is 23.8. The first-order valence-corrected chi connectivity index (χ1v) is 15.9. The number of pyridine rings is 1. The van der Waals surface area contributed by atoms with Gasteiger partial charge in [-0.3, -0.25) is 0 Å². The molecule has 1 heterocycles. The Morgan fingerprint density at radius 1 is 1.07 bits per heavy atom. The molecule has 210 valence electrons. The van der Waals surface area contributed by atoms with Crippen LogP contribution in [0.4, 0.5) is 0 Å². The minimum Gasteiger partial charge on any atom is -0.385 e. The first-order valence-electron chi connectivity index (χ1n) is 14.4. The smallest absolute Gasteiger partial charge is 0.0868 e. The van der Waals surface area contributed by atoms with E-state index in [0.29, 0.717) is 23.1 Å². The number of hydrogen-bond acceptors (Lipinski definition) is 4. The van der Waals surface area contributed by atoms with Crippen molar-refractivity contribution >= 4 is 46.4 Å². The van der Waals surface area contributed by atoms with Crippen molar-refractivity contribution < 1.29 is 5.11 Å². The maximum Gasteiger partial charge on any atom is 0.0868 e. The molecule has 4 aromatic rings. The van der Waals surface area contributed by atoms with E-state index in [4.69, 9.17) is 16.6 Å². The molecule has 3 nitrogen and oxygen atoms in total. The zero-order valence-corrected chi connectivity index (χ0v) is 25.4. The van der Waals surface area contributed by atoms with Gasteiger partial charge in [0, 0.05) is 27.8 Å². The molecule has 1 saturated carbocycles. The Kier molecular flexibility index (Phi) is 9.19. The van der Waals surface area contributed by atoms with Gasteiger partial charge < -0.3 is 5.11 Å². The predicted molar refractivity (Wildman–Crippen MR) is 174 cm³/mol. The Balaban J connectivity index is 1.37. The highest BCUT2D eigenvalue weighted by Gasteiger charge is 2.42. The van der Waals surface area contributed by atoms with Gasteiger partial charge in [-0.25, -0.2) is 4.98 Å². The SMILES string of the molecule is CCC(C)(O)c1ccccc1CC[C@@H](SCC1(CC#N)CC1)c1cccc(/C=C/c2ccc3ccc(Cl)cc3n2)c1. The van der Waals surface area contributed by atoms with Gasteiger partial charge in [0.05, 0.1) is 22.9 Å². The normalized spacial score (nSPS) is 16.4. The van der Waals surface area contributed by atoms with Crippen molar-refractivity contribution in [1.82, 2.24) is 4.98 Å². The number of benzene rings is 3. The van der Waals surface area contributed by atoms with E-state index in [2.05, 4.69) is 66.8 Å². The Morgan fingerprint density at radius 2 is 1.88 bits per heavy atom. The molecule has 0 bridgehead atoms. The first-order chi connectivity index (χ1) is 19.8. The Labute approximate surface area is 253 Å². The summed E-state index contributed by atoms with van der Waals surface area (Å²) in [6.45, 7) is 3.94. The van der Waals surface area contributed by atoms with Crippen LogP contribution in [0.1, 0.15) is 79.1 Å². The maximum absolute atomic E-state index is 11.0. The van der Waals surface area contributed by atoms with Crippen LogP contribution in [0.25, 0.3) is 23.1 Å². The fourth-order valence-electron chi connectivity index (χ4n) is 5.32. The minimum atomic E-state index is -0.836. The van der Waals surface area contributed by atoms with Crippen LogP contribution in [0.2, 0.25) is 5.02 Å². The van der Waals surface area contributed by atoms with Crippen LogP contribution >= 0.6 is 23.4 Å². The Morgan fingerprint density at radius 3 is 2.66 bits per heavy atom. The van der Waals surface area contributed by atoms with Gasteiger partial charge >= 0.3 is 0 Å². The van der Waals surface area contributed by atoms with Crippen LogP contribution in [0.3, 0.4) is 0 Å². The van der Waals surface area contributed by atoms with Crippen LogP contribution in [-0.2, 0) is 12.0 Å². The van der Waals surface area contributed by atoms with Gasteiger partial charge in [0.2, 0.25) is 0 Å². The quantitative estimate of drug-likeness (QED) is 0.181. The summed E-state index contributed by atoms with van der Waals surface area (Å²) in [7, 11) is 0. The minimum absolute atomic E-state index is 0.184. The summed E-state index contributed by atoms with van der Waals surface area (Å²) in [5.41, 5.74) is 5.79. The number of nitriles is 1. The van der Waals surface area contributed by atoms with Crippen molar-refractivity contribution in [2.75, 3.05) is 5.75 Å². The lowest BCUT2D eigenvalue weighted by Crippen LogP contribution is -2.21. The molecule has 3 aromatic carbocycles. The number of nitrogens with zero attached hydrogens (tertiary/aromatic N) is 2. The number of halogens is 1. The van der Waals surface area contributed by atoms with Gasteiger partial charge in [-0.15, -0.1) is 0 Å². The fourth-order valence-corrected chi connectivity index (χ4v) is 7.06. The summed E-state index contributed by atoms with van der Waals surface area (Å²) in [4.78, 5) is 4.77. The summed E-state index contributed by atoms with van der Waals surface area (Å²) < 4.78 is 0. The second-order valence-electron chi connectivity index (χ2n) is 11.5. The van der Waals surface area contributed by atoms with E-state index in [9.17, 15) is 10.4 Å². The topological polar surface area (TPSA) is 56.9 Å². The summed E-state index contributed by atoms with van der Waals surface area (Å²) in [5, 5.41) is 22.5. The monoisotopic (exact) mass is 580 g/mol. The Bertz CT molecular complexity index is 1580. The highest BCUT2D eigenvalue weighted by Crippen LogP contribution is 2.53. The number of thioether (sulfide) groups is 1. The molecule has 0 spiro atoms. The van der Waals surface area contributed by atoms with Gasteiger partial charge in [-0.1, -0.05) is 85.3 Å². The predicted octanol–water partition coefficient (Wildman–Crippen LogP) is 9.78. The van der Waals surface area contributed by atoms with Gasteiger partial charge in [0.25, 0.3) is 0 Å². The second kappa shape index (κ2) is 12.8. The molecule has 1 unspecified atom stereocenters. The lowest BCUT2D eigenvalue weighted by molar-refractivity contribution is 0.0521. The molecule has 1 fully saturated rings. The third-order valence-electron chi connectivity index (χ3n) is 8.37. The first kappa shape index (κ1) is 29.4. The van der Waals surface area contributed by atoms with Crippen LogP contribution in [-0.4, -0.2) is 15.8 Å². The van der Waals surface area contributed by atoms with Crippen LogP contribution in [0, 0.1) is 16.7 Å². The highest BCUT2D eigenvalue weighted by atomic mass is 35.5. The van der Waals surface area contributed by atoms with Crippen molar-refractivity contribution in [2.45, 2.75) is 63.2 Å². The molecule has 5 rings (SSSR count). The van der Waals surface area contributed by atoms with E-state index in [0.717, 1.165) is 59.2 Å². The largest absolute Gasteiger partial charge is 0.385 e. The van der Waals surface area contributed by atoms with Gasteiger partial charge in [0.1, 0.15) is 0 Å². The number of aromatic nitrogens is 1. The summed E-state index contributed by atoms with van der Waals surface area (Å²) in [6, 6.07) is 29.4. The molecule has 41 heavy (non-hydrogen) atoms. The molecule has 1 aliphatic rings. The lowest BCUT2D eigenvalue weighted by atomic mass is 9.87. The third-order valence-corrected chi connectivity index (χ3v) is 10.3. The average Bonchev–Trinajstić information content (AvgIpc) is 3.75. The number of fused-ring (bicyclic) bond motifs is 1. The molecule has 0 amide bonds. The average molecular weight is 581 g/mol. The molecule has 0 aliphatic heterocycles. The van der Waals surface area contributed by atoms with E-state index < -0.39 is 5.60 Å². The summed E-state index contributed by atoms with van der Waals surface area (Å²) in [6.07, 6.45) is 9.63. The second-order valence-corrected chi connectivity index (χ2v) is 13.2. The van der Waals surface area contributed by atoms with Crippen molar-refractivity contribution in [3.05, 3.63) is 112 Å². The van der Waals surface area contributed by atoms with Crippen LogP contribution < -0.4 is 0 Å². The van der Waals surface area contributed by atoms with Crippen molar-refractivity contribution in [1.29, 1.82) is 5.26 Å². The van der Waals surface area contributed by atoms with Gasteiger partial charge in [-0.2, -0.15) is 17.0 Å². The third kappa shape index (κ3) is 7.41. The van der Waals surface area contributed by atoms with Gasteiger partial charge in [0.15, 0.2) is 0 Å². The molecule has 0 radical (unpaired) electrons. The van der Waals surface area contributed by atoms with Crippen LogP contribution in [0.5, 0.6) is 0 Å². The standard InChI is InChI=1S/C36H37ClN2OS/c1-3-35(2,40)32-10-5-4-8-27(32)14-18-34(41-25-36(19-20-36)21-22-38)29-9-6-7-26(23-29)11-16-31-17-13-28-12-15-30(37)24-33(28)39-31/h4-13,15-17,23-24,34,40H,3,14,18-21,25H2,1-2H3/b16-11+/t34-,35?/m1/s1. The molecular formula is C36H37ClN2OS. The van der Waals surface area contributed by atoms with Crippen molar-refractivity contribution in [3.63, 3.8) is 0 Å². The molecule has 1 aromatic heterocycles. The summed E-state index contributed by atoms with van der Waals surface area (Å²) >= 11 is 8.17. The number of aryl methyl sites for hydroxylation is 1. The van der Waals surface area contributed by atoms with E-state index in [1.165, 1.54) is 11.1 Å². The van der Waals surface area contributed by atoms with Crippen LogP contribution in [0.15, 0.2) is 78.9 Å². The number of hydrogen-bond donors (Lipinski definition) is 1. The van der Waals surface area contributed by atoms with E-state index in [1.807, 2.05) is 55.9 Å². The van der Waals surface area contributed by atoms with Crippen molar-refractivity contribution in [2.24, 2.45) is 5.41 Å². The van der Waals surface area contributed by atoms with E-state index in [-0.39, 0.29) is 5.41 Å². The molecule has 1 aliphatic carbocycles. The van der Waals surface area contributed by atoms with Crippen molar-refractivity contribution in [3.8, 4) is 6.07 Å². The highest BCUT2D eigenvalue weighted by molar-refractivity contribution is 7.99. The van der Waals surface area contributed by atoms with E-state index >= 15 is 0 Å². The molecule has 0 saturated heterocycles. The summed E-state index contributed by atoms with van der Waals surface area (Å²) in [5.74, 6) is 1.00.